The average molecular weight is 277 g/mol. The van der Waals surface area contributed by atoms with Crippen LogP contribution in [0.4, 0.5) is 4.39 Å². The minimum absolute atomic E-state index is 0.305. The SMILES string of the molecule is O=C(N/N=C/c1ccccc1F)c1ccc(Cl)cc1. The number of halogens is 2. The van der Waals surface area contributed by atoms with Gasteiger partial charge in [0.2, 0.25) is 0 Å². The number of carbonyl (C=O) groups excluding carboxylic acids is 1. The summed E-state index contributed by atoms with van der Waals surface area (Å²) in [7, 11) is 0. The second-order valence-corrected chi connectivity index (χ2v) is 4.16. The number of nitrogens with one attached hydrogen (secondary N) is 1. The van der Waals surface area contributed by atoms with Gasteiger partial charge in [-0.15, -0.1) is 0 Å². The van der Waals surface area contributed by atoms with Crippen molar-refractivity contribution in [3.05, 3.63) is 70.5 Å². The predicted octanol–water partition coefficient (Wildman–Crippen LogP) is 3.24. The summed E-state index contributed by atoms with van der Waals surface area (Å²) < 4.78 is 13.3. The number of nitrogens with zero attached hydrogens (tertiary/aromatic N) is 1. The number of carbonyl (C=O) groups is 1. The third kappa shape index (κ3) is 3.63. The summed E-state index contributed by atoms with van der Waals surface area (Å²) in [5.41, 5.74) is 3.05. The van der Waals surface area contributed by atoms with Gasteiger partial charge in [-0.25, -0.2) is 9.82 Å². The van der Waals surface area contributed by atoms with Gasteiger partial charge in [-0.2, -0.15) is 5.10 Å². The molecule has 3 nitrogen and oxygen atoms in total. The summed E-state index contributed by atoms with van der Waals surface area (Å²) in [5, 5.41) is 4.25. The number of hydrogen-bond acceptors (Lipinski definition) is 2. The van der Waals surface area contributed by atoms with Crippen molar-refractivity contribution in [1.82, 2.24) is 5.43 Å². The van der Waals surface area contributed by atoms with Crippen LogP contribution < -0.4 is 5.43 Å². The Bertz CT molecular complexity index is 611. The fraction of sp³-hybridized carbons (Fsp3) is 0. The molecule has 0 aliphatic carbocycles. The molecule has 5 heteroatoms. The monoisotopic (exact) mass is 276 g/mol. The van der Waals surface area contributed by atoms with Gasteiger partial charge in [0.1, 0.15) is 5.82 Å². The van der Waals surface area contributed by atoms with Crippen LogP contribution in [0, 0.1) is 5.82 Å². The fourth-order valence-corrected chi connectivity index (χ4v) is 1.53. The topological polar surface area (TPSA) is 41.5 Å². The van der Waals surface area contributed by atoms with Gasteiger partial charge in [-0.1, -0.05) is 29.8 Å². The molecule has 0 radical (unpaired) electrons. The van der Waals surface area contributed by atoms with E-state index in [1.807, 2.05) is 0 Å². The van der Waals surface area contributed by atoms with Crippen molar-refractivity contribution in [3.8, 4) is 0 Å². The van der Waals surface area contributed by atoms with E-state index < -0.39 is 5.82 Å². The van der Waals surface area contributed by atoms with E-state index >= 15 is 0 Å². The lowest BCUT2D eigenvalue weighted by atomic mass is 10.2. The number of amides is 1. The minimum atomic E-state index is -0.396. The lowest BCUT2D eigenvalue weighted by molar-refractivity contribution is 0.0955. The summed E-state index contributed by atoms with van der Waals surface area (Å²) in [4.78, 5) is 11.7. The Kier molecular flexibility index (Phi) is 4.26. The summed E-state index contributed by atoms with van der Waals surface area (Å²) >= 11 is 5.72. The van der Waals surface area contributed by atoms with Crippen LogP contribution in [0.15, 0.2) is 53.6 Å². The van der Waals surface area contributed by atoms with Crippen molar-refractivity contribution < 1.29 is 9.18 Å². The number of rotatable bonds is 3. The molecule has 0 aromatic heterocycles. The first-order valence-electron chi connectivity index (χ1n) is 5.50. The van der Waals surface area contributed by atoms with Crippen molar-refractivity contribution in [2.45, 2.75) is 0 Å². The summed E-state index contributed by atoms with van der Waals surface area (Å²) in [6.45, 7) is 0. The van der Waals surface area contributed by atoms with Gasteiger partial charge in [0.15, 0.2) is 0 Å². The molecule has 0 atom stereocenters. The van der Waals surface area contributed by atoms with E-state index in [9.17, 15) is 9.18 Å². The molecule has 2 aromatic rings. The Balaban J connectivity index is 2.01. The maximum atomic E-state index is 13.3. The Morgan fingerprint density at radius 3 is 2.53 bits per heavy atom. The van der Waals surface area contributed by atoms with E-state index in [2.05, 4.69) is 10.5 Å². The van der Waals surface area contributed by atoms with E-state index in [-0.39, 0.29) is 5.91 Å². The van der Waals surface area contributed by atoms with Gasteiger partial charge < -0.3 is 0 Å². The lowest BCUT2D eigenvalue weighted by Gasteiger charge is -2.00. The zero-order valence-electron chi connectivity index (χ0n) is 9.81. The Morgan fingerprint density at radius 2 is 1.84 bits per heavy atom. The average Bonchev–Trinajstić information content (AvgIpc) is 2.41. The maximum Gasteiger partial charge on any atom is 0.271 e. The van der Waals surface area contributed by atoms with Crippen molar-refractivity contribution in [2.24, 2.45) is 5.10 Å². The van der Waals surface area contributed by atoms with Gasteiger partial charge in [0.25, 0.3) is 5.91 Å². The van der Waals surface area contributed by atoms with Crippen LogP contribution in [-0.2, 0) is 0 Å². The van der Waals surface area contributed by atoms with Gasteiger partial charge in [-0.05, 0) is 30.3 Å². The normalized spacial score (nSPS) is 10.6. The Labute approximate surface area is 114 Å². The second-order valence-electron chi connectivity index (χ2n) is 3.73. The Hall–Kier alpha value is -2.20. The molecule has 0 unspecified atom stereocenters. The van der Waals surface area contributed by atoms with Crippen molar-refractivity contribution in [1.29, 1.82) is 0 Å². The third-order valence-electron chi connectivity index (χ3n) is 2.38. The van der Waals surface area contributed by atoms with Gasteiger partial charge in [0, 0.05) is 16.1 Å². The van der Waals surface area contributed by atoms with Crippen molar-refractivity contribution in [2.75, 3.05) is 0 Å². The number of benzene rings is 2. The lowest BCUT2D eigenvalue weighted by Crippen LogP contribution is -2.17. The molecule has 1 amide bonds. The first-order chi connectivity index (χ1) is 9.16. The first kappa shape index (κ1) is 13.2. The fourth-order valence-electron chi connectivity index (χ4n) is 1.41. The number of hydrogen-bond donors (Lipinski definition) is 1. The quantitative estimate of drug-likeness (QED) is 0.679. The van der Waals surface area contributed by atoms with Gasteiger partial charge in [0.05, 0.1) is 6.21 Å². The molecule has 2 rings (SSSR count). The zero-order chi connectivity index (χ0) is 13.7. The standard InChI is InChI=1S/C14H10ClFN2O/c15-12-7-5-10(6-8-12)14(19)18-17-9-11-3-1-2-4-13(11)16/h1-9H,(H,18,19)/b17-9+. The number of hydrazone groups is 1. The van der Waals surface area contributed by atoms with Crippen LogP contribution in [-0.4, -0.2) is 12.1 Å². The van der Waals surface area contributed by atoms with Crippen LogP contribution in [0.5, 0.6) is 0 Å². The van der Waals surface area contributed by atoms with E-state index in [1.165, 1.54) is 12.3 Å². The molecule has 0 fully saturated rings. The third-order valence-corrected chi connectivity index (χ3v) is 2.63. The summed E-state index contributed by atoms with van der Waals surface area (Å²) in [5.74, 6) is -0.781. The van der Waals surface area contributed by atoms with Gasteiger partial charge in [-0.3, -0.25) is 4.79 Å². The van der Waals surface area contributed by atoms with Crippen LogP contribution in [0.3, 0.4) is 0 Å². The molecule has 96 valence electrons. The highest BCUT2D eigenvalue weighted by atomic mass is 35.5. The van der Waals surface area contributed by atoms with E-state index in [0.717, 1.165) is 0 Å². The summed E-state index contributed by atoms with van der Waals surface area (Å²) in [6, 6.07) is 12.5. The van der Waals surface area contributed by atoms with E-state index in [0.29, 0.717) is 16.1 Å². The van der Waals surface area contributed by atoms with Crippen LogP contribution in [0.25, 0.3) is 0 Å². The highest BCUT2D eigenvalue weighted by Gasteiger charge is 2.03. The smallest absolute Gasteiger partial charge is 0.267 e. The molecule has 0 bridgehead atoms. The molecule has 0 saturated carbocycles. The predicted molar refractivity (Wildman–Crippen MR) is 72.9 cm³/mol. The second kappa shape index (κ2) is 6.11. The first-order valence-corrected chi connectivity index (χ1v) is 5.88. The highest BCUT2D eigenvalue weighted by Crippen LogP contribution is 2.09. The molecule has 0 spiro atoms. The van der Waals surface area contributed by atoms with Crippen LogP contribution in [0.1, 0.15) is 15.9 Å². The molecule has 0 aliphatic heterocycles. The summed E-state index contributed by atoms with van der Waals surface area (Å²) in [6.07, 6.45) is 1.25. The molecule has 19 heavy (non-hydrogen) atoms. The molecular formula is C14H10ClFN2O. The Morgan fingerprint density at radius 1 is 1.16 bits per heavy atom. The molecule has 0 saturated heterocycles. The van der Waals surface area contributed by atoms with Crippen molar-refractivity contribution >= 4 is 23.7 Å². The van der Waals surface area contributed by atoms with Gasteiger partial charge >= 0.3 is 0 Å². The van der Waals surface area contributed by atoms with E-state index in [4.69, 9.17) is 11.6 Å². The minimum Gasteiger partial charge on any atom is -0.267 e. The molecular weight excluding hydrogens is 267 g/mol. The maximum absolute atomic E-state index is 13.3. The molecule has 1 N–H and O–H groups in total. The largest absolute Gasteiger partial charge is 0.271 e. The zero-order valence-corrected chi connectivity index (χ0v) is 10.6. The molecule has 0 heterocycles. The van der Waals surface area contributed by atoms with Crippen LogP contribution >= 0.6 is 11.6 Å². The van der Waals surface area contributed by atoms with E-state index in [1.54, 1.807) is 42.5 Å². The van der Waals surface area contributed by atoms with Crippen molar-refractivity contribution in [3.63, 3.8) is 0 Å². The molecule has 0 aliphatic rings. The highest BCUT2D eigenvalue weighted by molar-refractivity contribution is 6.30. The molecule has 2 aromatic carbocycles. The van der Waals surface area contributed by atoms with Crippen LogP contribution in [0.2, 0.25) is 5.02 Å².